The molecule has 1 heterocycles. The third kappa shape index (κ3) is 0.918. The molecule has 3 nitrogen and oxygen atoms in total. The van der Waals surface area contributed by atoms with E-state index in [1.165, 1.54) is 30.5 Å². The minimum absolute atomic E-state index is 0.542. The minimum Gasteiger partial charge on any atom is -0.251 e. The molecule has 0 N–H and O–H groups in total. The van der Waals surface area contributed by atoms with Crippen LogP contribution >= 0.6 is 0 Å². The Labute approximate surface area is 77.0 Å². The van der Waals surface area contributed by atoms with Gasteiger partial charge in [-0.3, -0.25) is 4.68 Å². The van der Waals surface area contributed by atoms with Crippen molar-refractivity contribution in [3.63, 3.8) is 0 Å². The Hall–Kier alpha value is -1.30. The monoisotopic (exact) mass is 173 g/mol. The standard InChI is InChI=1S/C10H11N3/c11-6-10-8-2-1-3-9(8)12-13(10)7-4-5-7/h7H,1-5H2. The van der Waals surface area contributed by atoms with Crippen LogP contribution in [0.1, 0.15) is 42.3 Å². The van der Waals surface area contributed by atoms with Crippen molar-refractivity contribution in [3.8, 4) is 6.07 Å². The highest BCUT2D eigenvalue weighted by atomic mass is 15.3. The van der Waals surface area contributed by atoms with Crippen LogP contribution in [0.3, 0.4) is 0 Å². The summed E-state index contributed by atoms with van der Waals surface area (Å²) in [7, 11) is 0. The quantitative estimate of drug-likeness (QED) is 0.647. The molecule has 0 aliphatic heterocycles. The molecule has 1 aromatic heterocycles. The van der Waals surface area contributed by atoms with Crippen LogP contribution < -0.4 is 0 Å². The number of fused-ring (bicyclic) bond motifs is 1. The molecule has 0 aromatic carbocycles. The van der Waals surface area contributed by atoms with Gasteiger partial charge in [-0.2, -0.15) is 10.4 Å². The molecule has 1 fully saturated rings. The van der Waals surface area contributed by atoms with Crippen molar-refractivity contribution in [1.82, 2.24) is 9.78 Å². The zero-order valence-corrected chi connectivity index (χ0v) is 7.45. The summed E-state index contributed by atoms with van der Waals surface area (Å²) in [5.74, 6) is 0. The summed E-state index contributed by atoms with van der Waals surface area (Å²) in [6, 6.07) is 2.84. The lowest BCUT2D eigenvalue weighted by Crippen LogP contribution is -2.01. The van der Waals surface area contributed by atoms with Gasteiger partial charge in [0.15, 0.2) is 0 Å². The third-order valence-corrected chi connectivity index (χ3v) is 2.93. The van der Waals surface area contributed by atoms with E-state index in [9.17, 15) is 0 Å². The van der Waals surface area contributed by atoms with Gasteiger partial charge in [0.2, 0.25) is 0 Å². The smallest absolute Gasteiger partial charge is 0.142 e. The highest BCUT2D eigenvalue weighted by Gasteiger charge is 2.31. The normalized spacial score (nSPS) is 19.9. The largest absolute Gasteiger partial charge is 0.251 e. The zero-order chi connectivity index (χ0) is 8.84. The van der Waals surface area contributed by atoms with Crippen molar-refractivity contribution in [3.05, 3.63) is 17.0 Å². The van der Waals surface area contributed by atoms with Gasteiger partial charge in [0.05, 0.1) is 11.7 Å². The molecule has 1 saturated carbocycles. The highest BCUT2D eigenvalue weighted by Crippen LogP contribution is 2.37. The summed E-state index contributed by atoms with van der Waals surface area (Å²) in [6.45, 7) is 0. The van der Waals surface area contributed by atoms with Gasteiger partial charge in [-0.15, -0.1) is 0 Å². The zero-order valence-electron chi connectivity index (χ0n) is 7.45. The van der Waals surface area contributed by atoms with Crippen LogP contribution in [0.2, 0.25) is 0 Å². The first kappa shape index (κ1) is 7.14. The Morgan fingerprint density at radius 2 is 2.23 bits per heavy atom. The lowest BCUT2D eigenvalue weighted by atomic mass is 10.2. The Kier molecular flexibility index (Phi) is 1.29. The van der Waals surface area contributed by atoms with Crippen LogP contribution in [0, 0.1) is 11.3 Å². The van der Waals surface area contributed by atoms with Crippen molar-refractivity contribution < 1.29 is 0 Å². The molecule has 3 rings (SSSR count). The van der Waals surface area contributed by atoms with Crippen LogP contribution in [0.25, 0.3) is 0 Å². The van der Waals surface area contributed by atoms with Crippen LogP contribution in [0.15, 0.2) is 0 Å². The summed E-state index contributed by atoms with van der Waals surface area (Å²) in [5, 5.41) is 13.6. The number of aromatic nitrogens is 2. The van der Waals surface area contributed by atoms with Crippen LogP contribution in [0.5, 0.6) is 0 Å². The number of nitriles is 1. The molecule has 0 saturated heterocycles. The van der Waals surface area contributed by atoms with E-state index in [4.69, 9.17) is 5.26 Å². The SMILES string of the molecule is N#Cc1c2c(nn1C1CC1)CCC2. The van der Waals surface area contributed by atoms with E-state index in [2.05, 4.69) is 11.2 Å². The maximum Gasteiger partial charge on any atom is 0.142 e. The molecule has 0 bridgehead atoms. The molecule has 2 aliphatic rings. The highest BCUT2D eigenvalue weighted by molar-refractivity contribution is 5.39. The van der Waals surface area contributed by atoms with Crippen molar-refractivity contribution in [2.24, 2.45) is 0 Å². The second-order valence-corrected chi connectivity index (χ2v) is 3.91. The fourth-order valence-electron chi connectivity index (χ4n) is 2.11. The summed E-state index contributed by atoms with van der Waals surface area (Å²) >= 11 is 0. The van der Waals surface area contributed by atoms with E-state index < -0.39 is 0 Å². The van der Waals surface area contributed by atoms with Gasteiger partial charge < -0.3 is 0 Å². The number of rotatable bonds is 1. The molecule has 0 unspecified atom stereocenters. The maximum atomic E-state index is 9.04. The van der Waals surface area contributed by atoms with E-state index in [0.29, 0.717) is 6.04 Å². The van der Waals surface area contributed by atoms with Crippen LogP contribution in [-0.2, 0) is 12.8 Å². The number of nitrogens with zero attached hydrogens (tertiary/aromatic N) is 3. The van der Waals surface area contributed by atoms with Crippen molar-refractivity contribution in [1.29, 1.82) is 5.26 Å². The molecule has 0 amide bonds. The molecule has 1 aromatic rings. The van der Waals surface area contributed by atoms with Gasteiger partial charge >= 0.3 is 0 Å². The fourth-order valence-corrected chi connectivity index (χ4v) is 2.11. The van der Waals surface area contributed by atoms with E-state index in [-0.39, 0.29) is 0 Å². The van der Waals surface area contributed by atoms with Gasteiger partial charge in [-0.25, -0.2) is 0 Å². The van der Waals surface area contributed by atoms with Gasteiger partial charge in [0.25, 0.3) is 0 Å². The number of aryl methyl sites for hydroxylation is 1. The molecule has 13 heavy (non-hydrogen) atoms. The second-order valence-electron chi connectivity index (χ2n) is 3.91. The first-order valence-electron chi connectivity index (χ1n) is 4.90. The first-order valence-corrected chi connectivity index (χ1v) is 4.90. The molecule has 2 aliphatic carbocycles. The lowest BCUT2D eigenvalue weighted by Gasteiger charge is -1.99. The Morgan fingerprint density at radius 1 is 1.38 bits per heavy atom. The van der Waals surface area contributed by atoms with Crippen molar-refractivity contribution in [2.75, 3.05) is 0 Å². The topological polar surface area (TPSA) is 41.6 Å². The van der Waals surface area contributed by atoms with E-state index >= 15 is 0 Å². The van der Waals surface area contributed by atoms with Gasteiger partial charge in [0, 0.05) is 5.56 Å². The molecular weight excluding hydrogens is 162 g/mol. The Morgan fingerprint density at radius 3 is 2.92 bits per heavy atom. The Bertz CT molecular complexity index is 393. The molecule has 0 atom stereocenters. The molecule has 3 heteroatoms. The van der Waals surface area contributed by atoms with E-state index in [1.54, 1.807) is 0 Å². The summed E-state index contributed by atoms with van der Waals surface area (Å²) < 4.78 is 1.96. The predicted molar refractivity (Wildman–Crippen MR) is 47.2 cm³/mol. The summed E-state index contributed by atoms with van der Waals surface area (Å²) in [4.78, 5) is 0. The third-order valence-electron chi connectivity index (χ3n) is 2.93. The molecular formula is C10H11N3. The number of hydrogen-bond acceptors (Lipinski definition) is 2. The summed E-state index contributed by atoms with van der Waals surface area (Å²) in [6.07, 6.45) is 5.72. The fraction of sp³-hybridized carbons (Fsp3) is 0.600. The van der Waals surface area contributed by atoms with Gasteiger partial charge in [-0.05, 0) is 32.1 Å². The van der Waals surface area contributed by atoms with E-state index in [0.717, 1.165) is 18.5 Å². The molecule has 0 spiro atoms. The van der Waals surface area contributed by atoms with Crippen molar-refractivity contribution >= 4 is 0 Å². The predicted octanol–water partition coefficient (Wildman–Crippen LogP) is 1.58. The van der Waals surface area contributed by atoms with Crippen LogP contribution in [0.4, 0.5) is 0 Å². The van der Waals surface area contributed by atoms with Crippen LogP contribution in [-0.4, -0.2) is 9.78 Å². The van der Waals surface area contributed by atoms with Gasteiger partial charge in [-0.1, -0.05) is 0 Å². The summed E-state index contributed by atoms with van der Waals surface area (Å²) in [5.41, 5.74) is 3.26. The minimum atomic E-state index is 0.542. The Balaban J connectivity index is 2.15. The van der Waals surface area contributed by atoms with Crippen molar-refractivity contribution in [2.45, 2.75) is 38.1 Å². The van der Waals surface area contributed by atoms with Gasteiger partial charge in [0.1, 0.15) is 11.8 Å². The first-order chi connectivity index (χ1) is 6.40. The van der Waals surface area contributed by atoms with E-state index in [1.807, 2.05) is 4.68 Å². The molecule has 66 valence electrons. The molecule has 0 radical (unpaired) electrons. The number of hydrogen-bond donors (Lipinski definition) is 0. The average Bonchev–Trinajstić information content (AvgIpc) is 2.76. The maximum absolute atomic E-state index is 9.04. The average molecular weight is 173 g/mol. The second kappa shape index (κ2) is 2.35. The lowest BCUT2D eigenvalue weighted by molar-refractivity contribution is 0.616.